The largest absolute Gasteiger partial charge is 0.488 e. The maximum atomic E-state index is 16.6. The smallest absolute Gasteiger partial charge is 0.262 e. The first kappa shape index (κ1) is 47.8. The average Bonchev–Trinajstić information content (AvgIpc) is 3.57. The van der Waals surface area contributed by atoms with E-state index in [0.29, 0.717) is 50.7 Å². The molecule has 4 aromatic rings. The van der Waals surface area contributed by atoms with Crippen molar-refractivity contribution in [1.82, 2.24) is 20.4 Å². The standard InChI is InChI=1S/C52H57ClFN7O8/c53-42-14-6-32(41(31-4-2-1-3-5-31)27-57-34-9-7-33(55)8-10-34)25-40(42)47-38(49(56)64)13-16-44(48(47)54)69-23-22-68-36-28-60(29-36)46(63)24-30-18-20-59(21-19-30)35-11-12-37-39(26-35)52(67)61(51(37)66)43-15-17-45(62)58-50(43)65/h1-6,11-14,16,25-26,30,33-34,36,41,43,57H,7-10,15,17-24,27-29,55H2,(H2,56,64)(H,58,62,65). The van der Waals surface area contributed by atoms with Crippen LogP contribution < -0.4 is 31.7 Å². The van der Waals surface area contributed by atoms with Crippen LogP contribution in [0.5, 0.6) is 5.75 Å². The molecule has 4 heterocycles. The van der Waals surface area contributed by atoms with E-state index in [0.717, 1.165) is 60.2 Å². The van der Waals surface area contributed by atoms with Crippen LogP contribution in [-0.4, -0.2) is 115 Å². The van der Waals surface area contributed by atoms with Crippen molar-refractivity contribution in [3.63, 3.8) is 0 Å². The van der Waals surface area contributed by atoms with Gasteiger partial charge in [0.2, 0.25) is 23.6 Å². The Hall–Kier alpha value is -6.20. The second kappa shape index (κ2) is 20.8. The number of nitrogens with zero attached hydrogens (tertiary/aromatic N) is 3. The van der Waals surface area contributed by atoms with Gasteiger partial charge in [0.05, 0.1) is 29.4 Å². The number of nitrogens with two attached hydrogens (primary N) is 2. The molecule has 1 aliphatic carbocycles. The highest BCUT2D eigenvalue weighted by Crippen LogP contribution is 2.40. The predicted molar refractivity (Wildman–Crippen MR) is 256 cm³/mol. The lowest BCUT2D eigenvalue weighted by atomic mass is 9.87. The number of anilines is 1. The molecule has 0 bridgehead atoms. The molecule has 3 saturated heterocycles. The van der Waals surface area contributed by atoms with Crippen molar-refractivity contribution in [3.8, 4) is 16.9 Å². The van der Waals surface area contributed by atoms with Crippen molar-refractivity contribution in [2.24, 2.45) is 17.4 Å². The number of likely N-dealkylation sites (tertiary alicyclic amines) is 1. The summed E-state index contributed by atoms with van der Waals surface area (Å²) >= 11 is 6.78. The van der Waals surface area contributed by atoms with Crippen LogP contribution >= 0.6 is 11.6 Å². The fourth-order valence-electron chi connectivity index (χ4n) is 10.4. The number of hydrogen-bond acceptors (Lipinski definition) is 11. The molecule has 15 nitrogen and oxygen atoms in total. The van der Waals surface area contributed by atoms with Gasteiger partial charge in [-0.05, 0) is 104 Å². The van der Waals surface area contributed by atoms with Gasteiger partial charge in [-0.2, -0.15) is 0 Å². The van der Waals surface area contributed by atoms with E-state index in [2.05, 4.69) is 27.7 Å². The normalized spacial score (nSPS) is 21.5. The lowest BCUT2D eigenvalue weighted by molar-refractivity contribution is -0.146. The molecule has 4 aliphatic heterocycles. The lowest BCUT2D eigenvalue weighted by Crippen LogP contribution is -2.55. The summed E-state index contributed by atoms with van der Waals surface area (Å²) in [5.74, 6) is -3.67. The summed E-state index contributed by atoms with van der Waals surface area (Å²) in [5, 5.41) is 6.21. The first-order valence-electron chi connectivity index (χ1n) is 23.9. The minimum Gasteiger partial charge on any atom is -0.488 e. The molecule has 0 radical (unpaired) electrons. The van der Waals surface area contributed by atoms with E-state index in [4.69, 9.17) is 32.5 Å². The minimum absolute atomic E-state index is 0.0175. The Labute approximate surface area is 405 Å². The Morgan fingerprint density at radius 2 is 1.57 bits per heavy atom. The van der Waals surface area contributed by atoms with Crippen molar-refractivity contribution in [3.05, 3.63) is 118 Å². The number of carbonyl (C=O) groups excluding carboxylic acids is 6. The quantitative estimate of drug-likeness (QED) is 0.0809. The number of halogens is 2. The van der Waals surface area contributed by atoms with Crippen molar-refractivity contribution in [2.75, 3.05) is 50.8 Å². The summed E-state index contributed by atoms with van der Waals surface area (Å²) in [7, 11) is 0. The highest BCUT2D eigenvalue weighted by atomic mass is 35.5. The van der Waals surface area contributed by atoms with Gasteiger partial charge in [0, 0.05) is 85.4 Å². The zero-order valence-corrected chi connectivity index (χ0v) is 39.1. The highest BCUT2D eigenvalue weighted by molar-refractivity contribution is 6.33. The summed E-state index contributed by atoms with van der Waals surface area (Å²) in [6.07, 6.45) is 5.83. The highest BCUT2D eigenvalue weighted by Gasteiger charge is 2.45. The minimum atomic E-state index is -1.02. The second-order valence-corrected chi connectivity index (χ2v) is 19.2. The third-order valence-corrected chi connectivity index (χ3v) is 14.7. The molecular formula is C52H57ClFN7O8. The molecule has 69 heavy (non-hydrogen) atoms. The Kier molecular flexibility index (Phi) is 14.4. The van der Waals surface area contributed by atoms with Gasteiger partial charge >= 0.3 is 0 Å². The maximum Gasteiger partial charge on any atom is 0.262 e. The molecule has 0 aromatic heterocycles. The second-order valence-electron chi connectivity index (χ2n) is 18.8. The van der Waals surface area contributed by atoms with Crippen LogP contribution in [0, 0.1) is 11.7 Å². The van der Waals surface area contributed by atoms with E-state index < -0.39 is 41.4 Å². The number of nitrogens with one attached hydrogen (secondary N) is 2. The molecule has 4 fully saturated rings. The van der Waals surface area contributed by atoms with E-state index in [9.17, 15) is 28.8 Å². The summed E-state index contributed by atoms with van der Waals surface area (Å²) in [6.45, 7) is 3.00. The zero-order valence-electron chi connectivity index (χ0n) is 38.3. The van der Waals surface area contributed by atoms with Crippen molar-refractivity contribution >= 4 is 52.7 Å². The number of primary amides is 1. The number of rotatable bonds is 16. The van der Waals surface area contributed by atoms with Crippen LogP contribution in [-0.2, 0) is 19.1 Å². The number of benzene rings is 4. The van der Waals surface area contributed by atoms with E-state index in [1.54, 1.807) is 29.2 Å². The van der Waals surface area contributed by atoms with Gasteiger partial charge < -0.3 is 36.1 Å². The third kappa shape index (κ3) is 10.4. The number of amides is 6. The van der Waals surface area contributed by atoms with E-state index in [1.807, 2.05) is 30.3 Å². The number of piperidine rings is 2. The van der Waals surface area contributed by atoms with Gasteiger partial charge in [-0.1, -0.05) is 48.0 Å². The van der Waals surface area contributed by atoms with E-state index >= 15 is 4.39 Å². The lowest BCUT2D eigenvalue weighted by Gasteiger charge is -2.40. The Balaban J connectivity index is 0.751. The maximum absolute atomic E-state index is 16.6. The summed E-state index contributed by atoms with van der Waals surface area (Å²) in [6, 6.07) is 23.0. The van der Waals surface area contributed by atoms with Crippen LogP contribution in [0.25, 0.3) is 11.1 Å². The van der Waals surface area contributed by atoms with Gasteiger partial charge in [-0.3, -0.25) is 39.0 Å². The fraction of sp³-hybridized carbons (Fsp3) is 0.423. The first-order chi connectivity index (χ1) is 33.3. The molecule has 362 valence electrons. The van der Waals surface area contributed by atoms with Crippen molar-refractivity contribution in [1.29, 1.82) is 0 Å². The molecule has 1 saturated carbocycles. The van der Waals surface area contributed by atoms with Crippen LogP contribution in [0.4, 0.5) is 10.1 Å². The van der Waals surface area contributed by atoms with Crippen molar-refractivity contribution in [2.45, 2.75) is 87.9 Å². The van der Waals surface area contributed by atoms with Gasteiger partial charge in [-0.25, -0.2) is 4.39 Å². The predicted octanol–water partition coefficient (Wildman–Crippen LogP) is 5.55. The summed E-state index contributed by atoms with van der Waals surface area (Å²) in [5.41, 5.74) is 15.5. The fourth-order valence-corrected chi connectivity index (χ4v) is 10.6. The molecule has 2 atom stereocenters. The third-order valence-electron chi connectivity index (χ3n) is 14.4. The van der Waals surface area contributed by atoms with Gasteiger partial charge in [0.1, 0.15) is 12.6 Å². The summed E-state index contributed by atoms with van der Waals surface area (Å²) < 4.78 is 28.4. The van der Waals surface area contributed by atoms with Crippen LogP contribution in [0.1, 0.15) is 106 Å². The molecule has 5 aliphatic rings. The first-order valence-corrected chi connectivity index (χ1v) is 24.3. The molecular weight excluding hydrogens is 905 g/mol. The average molecular weight is 963 g/mol. The number of hydrogen-bond donors (Lipinski definition) is 4. The molecule has 0 spiro atoms. The van der Waals surface area contributed by atoms with Crippen LogP contribution in [0.2, 0.25) is 5.02 Å². The molecule has 6 amide bonds. The van der Waals surface area contributed by atoms with Gasteiger partial charge in [0.15, 0.2) is 11.6 Å². The SMILES string of the molecule is NC(=O)c1ccc(OCCOC2CN(C(=O)CC3CCN(c4ccc5c(c4)C(=O)N(C4CCC(=O)NC4=O)C5=O)CC3)C2)c(F)c1-c1cc(C(CNC2CCC(N)CC2)c2ccccc2)ccc1Cl. The van der Waals surface area contributed by atoms with Crippen LogP contribution in [0.15, 0.2) is 78.9 Å². The van der Waals surface area contributed by atoms with Gasteiger partial charge in [-0.15, -0.1) is 0 Å². The Morgan fingerprint density at radius 1 is 0.826 bits per heavy atom. The van der Waals surface area contributed by atoms with E-state index in [1.165, 1.54) is 12.1 Å². The number of fused-ring (bicyclic) bond motifs is 1. The monoisotopic (exact) mass is 961 g/mol. The molecule has 17 heteroatoms. The molecule has 2 unspecified atom stereocenters. The molecule has 4 aromatic carbocycles. The summed E-state index contributed by atoms with van der Waals surface area (Å²) in [4.78, 5) is 81.4. The zero-order chi connectivity index (χ0) is 48.3. The number of carbonyl (C=O) groups is 6. The van der Waals surface area contributed by atoms with Crippen molar-refractivity contribution < 1.29 is 42.6 Å². The van der Waals surface area contributed by atoms with E-state index in [-0.39, 0.29) is 89.0 Å². The Bertz CT molecular complexity index is 2630. The van der Waals surface area contributed by atoms with Crippen LogP contribution in [0.3, 0.4) is 0 Å². The number of ether oxygens (including phenoxy) is 2. The Morgan fingerprint density at radius 3 is 2.29 bits per heavy atom. The topological polar surface area (TPSA) is 207 Å². The number of imide groups is 2. The molecule has 6 N–H and O–H groups in total. The molecule has 9 rings (SSSR count). The van der Waals surface area contributed by atoms with Gasteiger partial charge in [0.25, 0.3) is 11.8 Å².